The van der Waals surface area contributed by atoms with Crippen molar-refractivity contribution in [3.05, 3.63) is 53.9 Å². The van der Waals surface area contributed by atoms with E-state index in [-0.39, 0.29) is 11.9 Å². The Bertz CT molecular complexity index is 467. The number of carbonyl (C=O) groups is 1. The smallest absolute Gasteiger partial charge is 0.269 e. The minimum absolute atomic E-state index is 0.188. The predicted molar refractivity (Wildman–Crippen MR) is 64.3 cm³/mol. The number of carbonyl (C=O) groups excluding carboxylic acids is 1. The van der Waals surface area contributed by atoms with Gasteiger partial charge in [0.1, 0.15) is 5.69 Å². The Morgan fingerprint density at radius 2 is 2.12 bits per heavy atom. The van der Waals surface area contributed by atoms with Crippen LogP contribution in [0.2, 0.25) is 0 Å². The maximum atomic E-state index is 11.8. The minimum Gasteiger partial charge on any atom is -0.343 e. The minimum atomic E-state index is -0.207. The molecule has 2 rings (SSSR count). The average molecular weight is 230 g/mol. The predicted octanol–water partition coefficient (Wildman–Crippen LogP) is 0.839. The summed E-state index contributed by atoms with van der Waals surface area (Å²) in [5.74, 6) is -0.207. The van der Waals surface area contributed by atoms with Gasteiger partial charge in [0.05, 0.1) is 6.04 Å². The van der Waals surface area contributed by atoms with Gasteiger partial charge < -0.3 is 11.1 Å². The number of aromatic nitrogens is 2. The maximum Gasteiger partial charge on any atom is 0.269 e. The summed E-state index contributed by atoms with van der Waals surface area (Å²) in [5, 5.41) is 9.20. The number of amides is 1. The van der Waals surface area contributed by atoms with Crippen LogP contribution in [0.1, 0.15) is 22.1 Å². The highest BCUT2D eigenvalue weighted by Crippen LogP contribution is 2.11. The average Bonchev–Trinajstić information content (AvgIpc) is 2.90. The molecule has 0 saturated carbocycles. The van der Waals surface area contributed by atoms with Crippen molar-refractivity contribution in [1.82, 2.24) is 15.5 Å². The lowest BCUT2D eigenvalue weighted by Gasteiger charge is -2.16. The third-order valence-electron chi connectivity index (χ3n) is 2.49. The molecule has 0 aliphatic heterocycles. The Balaban J connectivity index is 2.09. The summed E-state index contributed by atoms with van der Waals surface area (Å²) in [6.45, 7) is 0.351. The summed E-state index contributed by atoms with van der Waals surface area (Å²) in [4.78, 5) is 11.8. The molecule has 1 heterocycles. The summed E-state index contributed by atoms with van der Waals surface area (Å²) in [6, 6.07) is 11.1. The van der Waals surface area contributed by atoms with Crippen LogP contribution in [0, 0.1) is 0 Å². The van der Waals surface area contributed by atoms with Crippen molar-refractivity contribution in [3.63, 3.8) is 0 Å². The fourth-order valence-electron chi connectivity index (χ4n) is 1.58. The lowest BCUT2D eigenvalue weighted by molar-refractivity contribution is 0.0933. The zero-order valence-corrected chi connectivity index (χ0v) is 9.26. The van der Waals surface area contributed by atoms with Crippen molar-refractivity contribution < 1.29 is 4.79 Å². The van der Waals surface area contributed by atoms with Gasteiger partial charge in [-0.25, -0.2) is 0 Å². The molecular formula is C12H14N4O. The van der Waals surface area contributed by atoms with Gasteiger partial charge in [-0.15, -0.1) is 0 Å². The highest BCUT2D eigenvalue weighted by molar-refractivity contribution is 5.92. The first-order chi connectivity index (χ1) is 8.31. The standard InChI is InChI=1S/C12H14N4O/c13-8-11(9-4-2-1-3-5-9)15-12(17)10-6-7-14-16-10/h1-7,11H,8,13H2,(H,14,16)(H,15,17). The quantitative estimate of drug-likeness (QED) is 0.727. The van der Waals surface area contributed by atoms with Crippen molar-refractivity contribution in [1.29, 1.82) is 0 Å². The highest BCUT2D eigenvalue weighted by Gasteiger charge is 2.14. The summed E-state index contributed by atoms with van der Waals surface area (Å²) in [5.41, 5.74) is 7.08. The normalized spacial score (nSPS) is 12.1. The van der Waals surface area contributed by atoms with E-state index in [9.17, 15) is 4.79 Å². The molecule has 0 aliphatic rings. The molecule has 0 aliphatic carbocycles. The number of nitrogens with one attached hydrogen (secondary N) is 2. The Kier molecular flexibility index (Phi) is 3.52. The summed E-state index contributed by atoms with van der Waals surface area (Å²) in [6.07, 6.45) is 1.54. The summed E-state index contributed by atoms with van der Waals surface area (Å²) >= 11 is 0. The molecule has 2 aromatic rings. The van der Waals surface area contributed by atoms with E-state index in [1.54, 1.807) is 6.07 Å². The van der Waals surface area contributed by atoms with Gasteiger partial charge in [-0.05, 0) is 11.6 Å². The maximum absolute atomic E-state index is 11.8. The van der Waals surface area contributed by atoms with Crippen LogP contribution in [0.4, 0.5) is 0 Å². The van der Waals surface area contributed by atoms with Crippen LogP contribution in [0.3, 0.4) is 0 Å². The van der Waals surface area contributed by atoms with Gasteiger partial charge in [0.15, 0.2) is 0 Å². The van der Waals surface area contributed by atoms with E-state index in [0.717, 1.165) is 5.56 Å². The molecule has 1 amide bonds. The molecule has 1 aromatic heterocycles. The molecule has 1 unspecified atom stereocenters. The third kappa shape index (κ3) is 2.70. The van der Waals surface area contributed by atoms with Gasteiger partial charge in [-0.3, -0.25) is 9.89 Å². The van der Waals surface area contributed by atoms with Crippen LogP contribution in [-0.2, 0) is 0 Å². The van der Waals surface area contributed by atoms with E-state index >= 15 is 0 Å². The highest BCUT2D eigenvalue weighted by atomic mass is 16.2. The van der Waals surface area contributed by atoms with Crippen molar-refractivity contribution in [3.8, 4) is 0 Å². The SMILES string of the molecule is NCC(NC(=O)c1ccn[nH]1)c1ccccc1. The number of hydrogen-bond donors (Lipinski definition) is 3. The number of nitrogens with zero attached hydrogens (tertiary/aromatic N) is 1. The number of benzene rings is 1. The first kappa shape index (κ1) is 11.3. The molecule has 0 fully saturated rings. The first-order valence-corrected chi connectivity index (χ1v) is 5.36. The number of nitrogens with two attached hydrogens (primary N) is 1. The number of rotatable bonds is 4. The van der Waals surface area contributed by atoms with Gasteiger partial charge in [0.2, 0.25) is 0 Å². The van der Waals surface area contributed by atoms with Crippen LogP contribution in [0.25, 0.3) is 0 Å². The van der Waals surface area contributed by atoms with E-state index in [2.05, 4.69) is 15.5 Å². The van der Waals surface area contributed by atoms with Crippen LogP contribution in [-0.4, -0.2) is 22.6 Å². The van der Waals surface area contributed by atoms with Gasteiger partial charge >= 0.3 is 0 Å². The number of H-pyrrole nitrogens is 1. The van der Waals surface area contributed by atoms with Crippen LogP contribution in [0.5, 0.6) is 0 Å². The molecule has 1 aromatic carbocycles. The molecule has 0 bridgehead atoms. The largest absolute Gasteiger partial charge is 0.343 e. The fourth-order valence-corrected chi connectivity index (χ4v) is 1.58. The van der Waals surface area contributed by atoms with Crippen molar-refractivity contribution >= 4 is 5.91 Å². The van der Waals surface area contributed by atoms with Gasteiger partial charge in [-0.1, -0.05) is 30.3 Å². The zero-order chi connectivity index (χ0) is 12.1. The first-order valence-electron chi connectivity index (χ1n) is 5.36. The molecule has 5 nitrogen and oxygen atoms in total. The van der Waals surface area contributed by atoms with Gasteiger partial charge in [0, 0.05) is 12.7 Å². The molecule has 88 valence electrons. The van der Waals surface area contributed by atoms with Crippen LogP contribution in [0.15, 0.2) is 42.6 Å². The van der Waals surface area contributed by atoms with Crippen LogP contribution < -0.4 is 11.1 Å². The second-order valence-electron chi connectivity index (χ2n) is 3.64. The van der Waals surface area contributed by atoms with Crippen molar-refractivity contribution in [2.75, 3.05) is 6.54 Å². The number of aromatic amines is 1. The Labute approximate surface area is 99.0 Å². The number of hydrogen-bond acceptors (Lipinski definition) is 3. The molecule has 4 N–H and O–H groups in total. The Morgan fingerprint density at radius 3 is 2.71 bits per heavy atom. The second-order valence-corrected chi connectivity index (χ2v) is 3.64. The fraction of sp³-hybridized carbons (Fsp3) is 0.167. The molecule has 0 radical (unpaired) electrons. The molecular weight excluding hydrogens is 216 g/mol. The van der Waals surface area contributed by atoms with E-state index in [1.807, 2.05) is 30.3 Å². The van der Waals surface area contributed by atoms with Crippen LogP contribution >= 0.6 is 0 Å². The molecule has 1 atom stereocenters. The lowest BCUT2D eigenvalue weighted by Crippen LogP contribution is -2.33. The summed E-state index contributed by atoms with van der Waals surface area (Å²) in [7, 11) is 0. The second kappa shape index (κ2) is 5.27. The van der Waals surface area contributed by atoms with E-state index in [1.165, 1.54) is 6.20 Å². The van der Waals surface area contributed by atoms with Crippen molar-refractivity contribution in [2.45, 2.75) is 6.04 Å². The molecule has 5 heteroatoms. The summed E-state index contributed by atoms with van der Waals surface area (Å²) < 4.78 is 0. The van der Waals surface area contributed by atoms with E-state index in [4.69, 9.17) is 5.73 Å². The molecule has 17 heavy (non-hydrogen) atoms. The van der Waals surface area contributed by atoms with E-state index in [0.29, 0.717) is 12.2 Å². The Morgan fingerprint density at radius 1 is 1.35 bits per heavy atom. The Hall–Kier alpha value is -2.14. The monoisotopic (exact) mass is 230 g/mol. The van der Waals surface area contributed by atoms with Crippen molar-refractivity contribution in [2.24, 2.45) is 5.73 Å². The zero-order valence-electron chi connectivity index (χ0n) is 9.26. The molecule has 0 saturated heterocycles. The molecule has 0 spiro atoms. The topological polar surface area (TPSA) is 83.8 Å². The lowest BCUT2D eigenvalue weighted by atomic mass is 10.1. The van der Waals surface area contributed by atoms with E-state index < -0.39 is 0 Å². The van der Waals surface area contributed by atoms with Gasteiger partial charge in [0.25, 0.3) is 5.91 Å². The van der Waals surface area contributed by atoms with Gasteiger partial charge in [-0.2, -0.15) is 5.10 Å². The third-order valence-corrected chi connectivity index (χ3v) is 2.49.